The molecule has 0 radical (unpaired) electrons. The van der Waals surface area contributed by atoms with Crippen LogP contribution >= 0.6 is 0 Å². The van der Waals surface area contributed by atoms with Crippen molar-refractivity contribution in [3.8, 4) is 0 Å². The van der Waals surface area contributed by atoms with Gasteiger partial charge in [-0.05, 0) is 36.3 Å². The Morgan fingerprint density at radius 2 is 1.55 bits per heavy atom. The molecule has 0 bridgehead atoms. The summed E-state index contributed by atoms with van der Waals surface area (Å²) in [6.07, 6.45) is -1.40. The fraction of sp³-hybridized carbons (Fsp3) is 0.762. The van der Waals surface area contributed by atoms with Crippen LogP contribution in [-0.2, 0) is 18.4 Å². The molecular formula is C21H38N2O6Si2. The molecule has 0 amide bonds. The van der Waals surface area contributed by atoms with Gasteiger partial charge in [-0.15, -0.1) is 0 Å². The van der Waals surface area contributed by atoms with E-state index in [1.165, 1.54) is 16.8 Å². The highest BCUT2D eigenvalue weighted by atomic mass is 28.4. The highest BCUT2D eigenvalue weighted by Crippen LogP contribution is 2.41. The molecule has 176 valence electrons. The molecule has 0 spiro atoms. The summed E-state index contributed by atoms with van der Waals surface area (Å²) in [5, 5.41) is -0.148. The second kappa shape index (κ2) is 8.55. The second-order valence-corrected chi connectivity index (χ2v) is 20.9. The summed E-state index contributed by atoms with van der Waals surface area (Å²) >= 11 is 0. The van der Waals surface area contributed by atoms with Crippen molar-refractivity contribution in [1.82, 2.24) is 9.55 Å². The van der Waals surface area contributed by atoms with Crippen LogP contribution in [0, 0.1) is 0 Å². The lowest BCUT2D eigenvalue weighted by molar-refractivity contribution is -0.127. The SMILES string of the molecule is CC(C)(C)[Si](C)(C)OC[C@H]1O[C@@H](n2ccc(=O)[nH]c2=O)[C@H](O[Si](C)(C)C(C)(C)C)C1=O. The zero-order chi connectivity index (χ0) is 24.0. The molecule has 1 aliphatic heterocycles. The number of carbonyl (C=O) groups is 1. The van der Waals surface area contributed by atoms with Gasteiger partial charge in [-0.1, -0.05) is 41.5 Å². The number of hydrogen-bond donors (Lipinski definition) is 1. The maximum atomic E-state index is 13.4. The zero-order valence-corrected chi connectivity index (χ0v) is 22.5. The summed E-state index contributed by atoms with van der Waals surface area (Å²) in [6.45, 7) is 21.1. The van der Waals surface area contributed by atoms with Gasteiger partial charge in [-0.25, -0.2) is 4.79 Å². The van der Waals surface area contributed by atoms with Crippen LogP contribution in [0.25, 0.3) is 0 Å². The van der Waals surface area contributed by atoms with Crippen molar-refractivity contribution < 1.29 is 18.4 Å². The van der Waals surface area contributed by atoms with E-state index in [1.807, 2.05) is 13.1 Å². The fourth-order valence-electron chi connectivity index (χ4n) is 2.70. The lowest BCUT2D eigenvalue weighted by Gasteiger charge is -2.38. The monoisotopic (exact) mass is 470 g/mol. The maximum Gasteiger partial charge on any atom is 0.330 e. The van der Waals surface area contributed by atoms with E-state index in [0.717, 1.165) is 0 Å². The summed E-state index contributed by atoms with van der Waals surface area (Å²) in [5.41, 5.74) is -1.15. The molecule has 1 aromatic rings. The van der Waals surface area contributed by atoms with Crippen LogP contribution < -0.4 is 11.2 Å². The number of Topliss-reactive ketones (excluding diaryl/α,β-unsaturated/α-hetero) is 1. The number of aromatic nitrogens is 2. The molecule has 1 aliphatic rings. The molecule has 3 atom stereocenters. The predicted octanol–water partition coefficient (Wildman–Crippen LogP) is 3.42. The Morgan fingerprint density at radius 1 is 1.00 bits per heavy atom. The average molecular weight is 471 g/mol. The van der Waals surface area contributed by atoms with E-state index < -0.39 is 46.3 Å². The van der Waals surface area contributed by atoms with Gasteiger partial charge in [0.15, 0.2) is 34.7 Å². The molecule has 0 saturated carbocycles. The van der Waals surface area contributed by atoms with E-state index in [2.05, 4.69) is 59.6 Å². The highest BCUT2D eigenvalue weighted by Gasteiger charge is 2.51. The summed E-state index contributed by atoms with van der Waals surface area (Å²) in [4.78, 5) is 39.5. The molecule has 0 aromatic carbocycles. The van der Waals surface area contributed by atoms with Crippen LogP contribution in [0.15, 0.2) is 21.9 Å². The maximum absolute atomic E-state index is 13.4. The van der Waals surface area contributed by atoms with Crippen molar-refractivity contribution in [2.75, 3.05) is 6.61 Å². The molecule has 0 unspecified atom stereocenters. The Kier molecular flexibility index (Phi) is 7.15. The Balaban J connectivity index is 2.38. The van der Waals surface area contributed by atoms with Crippen LogP contribution in [0.2, 0.25) is 36.3 Å². The summed E-state index contributed by atoms with van der Waals surface area (Å²) < 4.78 is 19.9. The van der Waals surface area contributed by atoms with Gasteiger partial charge in [0.1, 0.15) is 6.10 Å². The zero-order valence-electron chi connectivity index (χ0n) is 20.5. The predicted molar refractivity (Wildman–Crippen MR) is 125 cm³/mol. The van der Waals surface area contributed by atoms with E-state index in [-0.39, 0.29) is 22.5 Å². The molecule has 31 heavy (non-hydrogen) atoms. The van der Waals surface area contributed by atoms with Gasteiger partial charge in [-0.2, -0.15) is 0 Å². The highest BCUT2D eigenvalue weighted by molar-refractivity contribution is 6.74. The molecular weight excluding hydrogens is 432 g/mol. The number of rotatable bonds is 6. The van der Waals surface area contributed by atoms with E-state index in [1.54, 1.807) is 0 Å². The smallest absolute Gasteiger partial charge is 0.330 e. The Labute approximate surface area is 186 Å². The van der Waals surface area contributed by atoms with Crippen LogP contribution in [0.3, 0.4) is 0 Å². The quantitative estimate of drug-likeness (QED) is 0.640. The number of H-pyrrole nitrogens is 1. The van der Waals surface area contributed by atoms with Gasteiger partial charge >= 0.3 is 5.69 Å². The average Bonchev–Trinajstić information content (AvgIpc) is 2.87. The minimum absolute atomic E-state index is 0.0129. The topological polar surface area (TPSA) is 99.6 Å². The van der Waals surface area contributed by atoms with Crippen LogP contribution in [0.5, 0.6) is 0 Å². The fourth-order valence-corrected chi connectivity index (χ4v) is 4.92. The number of nitrogens with one attached hydrogen (secondary N) is 1. The van der Waals surface area contributed by atoms with Gasteiger partial charge in [0.05, 0.1) is 6.61 Å². The molecule has 0 aliphatic carbocycles. The van der Waals surface area contributed by atoms with Crippen molar-refractivity contribution in [1.29, 1.82) is 0 Å². The lowest BCUT2D eigenvalue weighted by atomic mass is 10.2. The van der Waals surface area contributed by atoms with Gasteiger partial charge in [0, 0.05) is 12.3 Å². The number of carbonyl (C=O) groups excluding carboxylic acids is 1. The first-order valence-corrected chi connectivity index (χ1v) is 16.5. The molecule has 2 rings (SSSR count). The third kappa shape index (κ3) is 5.54. The molecule has 8 nitrogen and oxygen atoms in total. The Hall–Kier alpha value is -1.34. The number of aromatic amines is 1. The normalized spacial score (nSPS) is 23.4. The van der Waals surface area contributed by atoms with Crippen LogP contribution in [0.4, 0.5) is 0 Å². The van der Waals surface area contributed by atoms with E-state index in [0.29, 0.717) is 0 Å². The molecule has 1 N–H and O–H groups in total. The Bertz CT molecular complexity index is 923. The third-order valence-electron chi connectivity index (χ3n) is 6.92. The van der Waals surface area contributed by atoms with Crippen LogP contribution in [0.1, 0.15) is 47.8 Å². The van der Waals surface area contributed by atoms with Gasteiger partial charge in [0.2, 0.25) is 0 Å². The van der Waals surface area contributed by atoms with Gasteiger partial charge < -0.3 is 13.6 Å². The minimum atomic E-state index is -2.35. The number of ether oxygens (including phenoxy) is 1. The standard InChI is InChI=1S/C21H38N2O6Si2/c1-20(2,3)30(7,8)27-13-14-16(25)17(29-31(9,10)21(4,5)6)18(28-14)23-12-11-15(24)22-19(23)26/h11-12,14,17-18H,13H2,1-10H3,(H,22,24,26)/t14-,17-,18-/m1/s1. The van der Waals surface area contributed by atoms with E-state index in [4.69, 9.17) is 13.6 Å². The first kappa shape index (κ1) is 25.9. The van der Waals surface area contributed by atoms with Gasteiger partial charge in [0.25, 0.3) is 5.56 Å². The van der Waals surface area contributed by atoms with Crippen molar-refractivity contribution in [2.24, 2.45) is 0 Å². The molecule has 1 fully saturated rings. The summed E-state index contributed by atoms with van der Waals surface area (Å²) in [7, 11) is -4.45. The summed E-state index contributed by atoms with van der Waals surface area (Å²) in [6, 6.07) is 1.23. The largest absolute Gasteiger partial charge is 0.414 e. The Morgan fingerprint density at radius 3 is 2.03 bits per heavy atom. The molecule has 10 heteroatoms. The first-order valence-electron chi connectivity index (χ1n) is 10.7. The molecule has 2 heterocycles. The molecule has 1 aromatic heterocycles. The third-order valence-corrected chi connectivity index (χ3v) is 15.9. The van der Waals surface area contributed by atoms with E-state index >= 15 is 0 Å². The number of nitrogens with zero attached hydrogens (tertiary/aromatic N) is 1. The number of hydrogen-bond acceptors (Lipinski definition) is 6. The lowest BCUT2D eigenvalue weighted by Crippen LogP contribution is -2.48. The van der Waals surface area contributed by atoms with E-state index in [9.17, 15) is 14.4 Å². The second-order valence-electron chi connectivity index (χ2n) is 11.3. The van der Waals surface area contributed by atoms with Crippen molar-refractivity contribution >= 4 is 22.4 Å². The van der Waals surface area contributed by atoms with Crippen LogP contribution in [-0.4, -0.2) is 50.8 Å². The van der Waals surface area contributed by atoms with Crippen molar-refractivity contribution in [2.45, 2.75) is 96.2 Å². The minimum Gasteiger partial charge on any atom is -0.414 e. The van der Waals surface area contributed by atoms with Gasteiger partial charge in [-0.3, -0.25) is 19.1 Å². The number of ketones is 1. The molecule has 1 saturated heterocycles. The van der Waals surface area contributed by atoms with Crippen molar-refractivity contribution in [3.63, 3.8) is 0 Å². The van der Waals surface area contributed by atoms with Crippen molar-refractivity contribution in [3.05, 3.63) is 33.1 Å². The summed E-state index contributed by atoms with van der Waals surface area (Å²) in [5.74, 6) is -0.230. The first-order chi connectivity index (χ1) is 13.9.